The maximum absolute atomic E-state index is 12.8. The number of hydrogen-bond donors (Lipinski definition) is 0. The number of rotatable bonds is 6. The van der Waals surface area contributed by atoms with E-state index in [9.17, 15) is 4.79 Å². The van der Waals surface area contributed by atoms with Gasteiger partial charge in [-0.3, -0.25) is 4.79 Å². The Morgan fingerprint density at radius 1 is 1.22 bits per heavy atom. The average Bonchev–Trinajstić information content (AvgIpc) is 3.52. The highest BCUT2D eigenvalue weighted by Crippen LogP contribution is 2.39. The van der Waals surface area contributed by atoms with Gasteiger partial charge in [0.1, 0.15) is 5.82 Å². The van der Waals surface area contributed by atoms with E-state index >= 15 is 0 Å². The summed E-state index contributed by atoms with van der Waals surface area (Å²) < 4.78 is 1.86. The van der Waals surface area contributed by atoms with Crippen molar-refractivity contribution in [1.82, 2.24) is 19.7 Å². The van der Waals surface area contributed by atoms with Crippen LogP contribution in [0.1, 0.15) is 55.0 Å². The standard InChI is InChI=1S/C18H22N4O/c1-2-21(12-13-8-9-13)18(23)16-19-17(14-10-11-14)22(20-16)15-6-4-3-5-7-15/h3-7,13-14H,2,8-12H2,1H3. The summed E-state index contributed by atoms with van der Waals surface area (Å²) in [4.78, 5) is 19.3. The number of para-hydroxylation sites is 1. The van der Waals surface area contributed by atoms with Crippen LogP contribution < -0.4 is 0 Å². The van der Waals surface area contributed by atoms with E-state index in [2.05, 4.69) is 10.1 Å². The maximum Gasteiger partial charge on any atom is 0.293 e. The van der Waals surface area contributed by atoms with Crippen LogP contribution in [0.15, 0.2) is 30.3 Å². The Balaban J connectivity index is 1.65. The van der Waals surface area contributed by atoms with E-state index in [1.54, 1.807) is 0 Å². The summed E-state index contributed by atoms with van der Waals surface area (Å²) >= 11 is 0. The SMILES string of the molecule is CCN(CC1CC1)C(=O)c1nc(C2CC2)n(-c2ccccc2)n1. The van der Waals surface area contributed by atoms with Crippen LogP contribution in [-0.2, 0) is 0 Å². The van der Waals surface area contributed by atoms with Gasteiger partial charge in [0.2, 0.25) is 5.82 Å². The molecule has 0 saturated heterocycles. The fraction of sp³-hybridized carbons (Fsp3) is 0.500. The molecule has 120 valence electrons. The molecule has 1 amide bonds. The first-order chi connectivity index (χ1) is 11.3. The molecule has 0 aliphatic heterocycles. The van der Waals surface area contributed by atoms with Crippen LogP contribution in [0.25, 0.3) is 5.69 Å². The Hall–Kier alpha value is -2.17. The normalized spacial score (nSPS) is 17.3. The minimum absolute atomic E-state index is 0.0315. The number of carbonyl (C=O) groups is 1. The predicted octanol–water partition coefficient (Wildman–Crippen LogP) is 3.02. The quantitative estimate of drug-likeness (QED) is 0.824. The van der Waals surface area contributed by atoms with Gasteiger partial charge in [-0.25, -0.2) is 9.67 Å². The molecular weight excluding hydrogens is 288 g/mol. The van der Waals surface area contributed by atoms with Crippen molar-refractivity contribution < 1.29 is 4.79 Å². The fourth-order valence-corrected chi connectivity index (χ4v) is 2.89. The summed E-state index contributed by atoms with van der Waals surface area (Å²) in [6.45, 7) is 3.58. The van der Waals surface area contributed by atoms with Crippen molar-refractivity contribution in [3.8, 4) is 5.69 Å². The first-order valence-electron chi connectivity index (χ1n) is 8.58. The third-order valence-electron chi connectivity index (χ3n) is 4.61. The van der Waals surface area contributed by atoms with Gasteiger partial charge in [0.15, 0.2) is 0 Å². The van der Waals surface area contributed by atoms with Crippen LogP contribution in [0, 0.1) is 5.92 Å². The molecule has 5 heteroatoms. The van der Waals surface area contributed by atoms with E-state index in [-0.39, 0.29) is 5.91 Å². The molecular formula is C18H22N4O. The van der Waals surface area contributed by atoms with Crippen molar-refractivity contribution in [2.75, 3.05) is 13.1 Å². The summed E-state index contributed by atoms with van der Waals surface area (Å²) in [5.74, 6) is 2.37. The Morgan fingerprint density at radius 2 is 1.96 bits per heavy atom. The molecule has 2 aliphatic carbocycles. The molecule has 2 aliphatic rings. The van der Waals surface area contributed by atoms with Crippen LogP contribution in [0.3, 0.4) is 0 Å². The van der Waals surface area contributed by atoms with Gasteiger partial charge < -0.3 is 4.90 Å². The molecule has 0 atom stereocenters. The molecule has 2 saturated carbocycles. The Labute approximate surface area is 136 Å². The van der Waals surface area contributed by atoms with Gasteiger partial charge in [-0.05, 0) is 50.7 Å². The second-order valence-corrected chi connectivity index (χ2v) is 6.60. The zero-order valence-corrected chi connectivity index (χ0v) is 13.5. The summed E-state index contributed by atoms with van der Waals surface area (Å²) in [5, 5.41) is 4.55. The van der Waals surface area contributed by atoms with Crippen molar-refractivity contribution in [3.63, 3.8) is 0 Å². The topological polar surface area (TPSA) is 51.0 Å². The van der Waals surface area contributed by atoms with Crippen LogP contribution in [0.5, 0.6) is 0 Å². The molecule has 0 spiro atoms. The third kappa shape index (κ3) is 3.00. The van der Waals surface area contributed by atoms with Crippen molar-refractivity contribution in [3.05, 3.63) is 42.0 Å². The molecule has 1 aromatic carbocycles. The zero-order valence-electron chi connectivity index (χ0n) is 13.5. The smallest absolute Gasteiger partial charge is 0.293 e. The summed E-state index contributed by atoms with van der Waals surface area (Å²) in [7, 11) is 0. The molecule has 4 rings (SSSR count). The lowest BCUT2D eigenvalue weighted by Crippen LogP contribution is -2.33. The molecule has 1 aromatic heterocycles. The van der Waals surface area contributed by atoms with E-state index in [4.69, 9.17) is 0 Å². The van der Waals surface area contributed by atoms with E-state index < -0.39 is 0 Å². The first-order valence-corrected chi connectivity index (χ1v) is 8.58. The maximum atomic E-state index is 12.8. The van der Waals surface area contributed by atoms with Gasteiger partial charge in [-0.15, -0.1) is 5.10 Å². The minimum atomic E-state index is -0.0315. The van der Waals surface area contributed by atoms with Crippen molar-refractivity contribution in [2.24, 2.45) is 5.92 Å². The largest absolute Gasteiger partial charge is 0.336 e. The monoisotopic (exact) mass is 310 g/mol. The number of benzene rings is 1. The van der Waals surface area contributed by atoms with Crippen molar-refractivity contribution >= 4 is 5.91 Å². The lowest BCUT2D eigenvalue weighted by atomic mass is 10.3. The highest BCUT2D eigenvalue weighted by atomic mass is 16.2. The lowest BCUT2D eigenvalue weighted by Gasteiger charge is -2.18. The van der Waals surface area contributed by atoms with Gasteiger partial charge in [0, 0.05) is 19.0 Å². The predicted molar refractivity (Wildman–Crippen MR) is 87.6 cm³/mol. The van der Waals surface area contributed by atoms with E-state index in [0.717, 1.165) is 30.9 Å². The van der Waals surface area contributed by atoms with Gasteiger partial charge in [-0.1, -0.05) is 18.2 Å². The molecule has 5 nitrogen and oxygen atoms in total. The number of hydrogen-bond acceptors (Lipinski definition) is 3. The molecule has 0 unspecified atom stereocenters. The van der Waals surface area contributed by atoms with Crippen LogP contribution in [0.4, 0.5) is 0 Å². The number of nitrogens with zero attached hydrogens (tertiary/aromatic N) is 4. The first kappa shape index (κ1) is 14.4. The minimum Gasteiger partial charge on any atom is -0.336 e. The van der Waals surface area contributed by atoms with E-state index in [1.165, 1.54) is 12.8 Å². The van der Waals surface area contributed by atoms with Crippen LogP contribution in [0.2, 0.25) is 0 Å². The second-order valence-electron chi connectivity index (χ2n) is 6.60. The fourth-order valence-electron chi connectivity index (χ4n) is 2.89. The van der Waals surface area contributed by atoms with Gasteiger partial charge in [-0.2, -0.15) is 0 Å². The molecule has 0 radical (unpaired) electrons. The molecule has 2 aromatic rings. The molecule has 1 heterocycles. The highest BCUT2D eigenvalue weighted by Gasteiger charge is 2.33. The van der Waals surface area contributed by atoms with Gasteiger partial charge in [0.25, 0.3) is 5.91 Å². The van der Waals surface area contributed by atoms with Crippen LogP contribution in [-0.4, -0.2) is 38.7 Å². The third-order valence-corrected chi connectivity index (χ3v) is 4.61. The molecule has 2 fully saturated rings. The molecule has 23 heavy (non-hydrogen) atoms. The van der Waals surface area contributed by atoms with E-state index in [0.29, 0.717) is 24.2 Å². The highest BCUT2D eigenvalue weighted by molar-refractivity contribution is 5.90. The molecule has 0 bridgehead atoms. The molecule has 0 N–H and O–H groups in total. The second kappa shape index (κ2) is 5.80. The zero-order chi connectivity index (χ0) is 15.8. The lowest BCUT2D eigenvalue weighted by molar-refractivity contribution is 0.0744. The summed E-state index contributed by atoms with van der Waals surface area (Å²) in [5.41, 5.74) is 0.978. The summed E-state index contributed by atoms with van der Waals surface area (Å²) in [6, 6.07) is 9.98. The van der Waals surface area contributed by atoms with Crippen molar-refractivity contribution in [1.29, 1.82) is 0 Å². The van der Waals surface area contributed by atoms with Gasteiger partial charge >= 0.3 is 0 Å². The number of carbonyl (C=O) groups excluding carboxylic acids is 1. The van der Waals surface area contributed by atoms with Crippen LogP contribution >= 0.6 is 0 Å². The van der Waals surface area contributed by atoms with Gasteiger partial charge in [0.05, 0.1) is 5.69 Å². The Kier molecular flexibility index (Phi) is 3.63. The number of amides is 1. The van der Waals surface area contributed by atoms with Crippen molar-refractivity contribution in [2.45, 2.75) is 38.5 Å². The average molecular weight is 310 g/mol. The Bertz CT molecular complexity index is 701. The number of aromatic nitrogens is 3. The Morgan fingerprint density at radius 3 is 2.57 bits per heavy atom. The summed E-state index contributed by atoms with van der Waals surface area (Å²) in [6.07, 6.45) is 4.75. The van der Waals surface area contributed by atoms with E-state index in [1.807, 2.05) is 46.8 Å².